The fourth-order valence-electron chi connectivity index (χ4n) is 4.22. The van der Waals surface area contributed by atoms with E-state index in [1.54, 1.807) is 0 Å². The van der Waals surface area contributed by atoms with Gasteiger partial charge in [-0.2, -0.15) is 0 Å². The molecule has 0 heterocycles. The summed E-state index contributed by atoms with van der Waals surface area (Å²) in [7, 11) is 0. The number of quaternary nitrogens is 1. The van der Waals surface area contributed by atoms with Crippen LogP contribution in [0.25, 0.3) is 0 Å². The average molecular weight is 477 g/mol. The van der Waals surface area contributed by atoms with Gasteiger partial charge in [0.05, 0.1) is 31.7 Å². The SMILES string of the molecule is CCCC(C)[N+](CC)(CCNC(=O)CC)C(C)CCc1ccc(N)c(Br)c1.[Cl-]. The van der Waals surface area contributed by atoms with Crippen LogP contribution in [0.15, 0.2) is 22.7 Å². The van der Waals surface area contributed by atoms with Gasteiger partial charge in [-0.15, -0.1) is 0 Å². The number of benzene rings is 1. The first-order chi connectivity index (χ1) is 12.8. The van der Waals surface area contributed by atoms with Crippen molar-refractivity contribution in [2.24, 2.45) is 0 Å². The van der Waals surface area contributed by atoms with Crippen molar-refractivity contribution >= 4 is 27.5 Å². The highest BCUT2D eigenvalue weighted by atomic mass is 79.9. The van der Waals surface area contributed by atoms with Crippen LogP contribution < -0.4 is 23.5 Å². The molecule has 0 saturated heterocycles. The molecule has 1 aromatic rings. The molecule has 0 aliphatic heterocycles. The maximum atomic E-state index is 11.7. The molecule has 3 atom stereocenters. The summed E-state index contributed by atoms with van der Waals surface area (Å²) in [6, 6.07) is 7.37. The number of amides is 1. The van der Waals surface area contributed by atoms with Crippen LogP contribution >= 0.6 is 15.9 Å². The highest BCUT2D eigenvalue weighted by molar-refractivity contribution is 9.10. The molecule has 0 aliphatic rings. The molecule has 0 spiro atoms. The third kappa shape index (κ3) is 7.57. The second-order valence-electron chi connectivity index (χ2n) is 7.73. The third-order valence-corrected chi connectivity index (χ3v) is 6.82. The van der Waals surface area contributed by atoms with Gasteiger partial charge >= 0.3 is 0 Å². The first kappa shape index (κ1) is 27.2. The standard InChI is InChI=1S/C22H38BrN3O.ClH/c1-6-9-17(4)26(8-3,15-14-25-22(27)7-2)18(5)10-11-19-12-13-21(24)20(23)16-19;/h12-13,16-18H,6-11,14-15,24H2,1-5H3;1H. The molecule has 0 radical (unpaired) electrons. The van der Waals surface area contributed by atoms with E-state index in [2.05, 4.69) is 61.1 Å². The topological polar surface area (TPSA) is 55.1 Å². The van der Waals surface area contributed by atoms with E-state index in [9.17, 15) is 4.79 Å². The second-order valence-corrected chi connectivity index (χ2v) is 8.58. The molecule has 162 valence electrons. The molecule has 0 aliphatic carbocycles. The van der Waals surface area contributed by atoms with Gasteiger partial charge in [0, 0.05) is 23.0 Å². The summed E-state index contributed by atoms with van der Waals surface area (Å²) >= 11 is 3.54. The van der Waals surface area contributed by atoms with Crippen LogP contribution in [0.1, 0.15) is 65.9 Å². The number of anilines is 1. The highest BCUT2D eigenvalue weighted by Crippen LogP contribution is 2.27. The number of nitrogens with zero attached hydrogens (tertiary/aromatic N) is 1. The van der Waals surface area contributed by atoms with Crippen molar-refractivity contribution in [3.05, 3.63) is 28.2 Å². The molecule has 1 aromatic carbocycles. The fourth-order valence-corrected chi connectivity index (χ4v) is 4.65. The first-order valence-corrected chi connectivity index (χ1v) is 11.3. The Balaban J connectivity index is 0.00000729. The zero-order valence-electron chi connectivity index (χ0n) is 18.2. The maximum Gasteiger partial charge on any atom is 0.219 e. The number of nitrogens with two attached hydrogens (primary N) is 1. The number of halogens is 2. The molecule has 6 heteroatoms. The number of likely N-dealkylation sites (N-methyl/N-ethyl adjacent to an activating group) is 1. The van der Waals surface area contributed by atoms with Crippen molar-refractivity contribution < 1.29 is 21.7 Å². The van der Waals surface area contributed by atoms with Gasteiger partial charge in [-0.25, -0.2) is 0 Å². The summed E-state index contributed by atoms with van der Waals surface area (Å²) in [5, 5.41) is 3.09. The van der Waals surface area contributed by atoms with Crippen LogP contribution in [-0.2, 0) is 11.2 Å². The molecule has 3 N–H and O–H groups in total. The molecule has 0 aromatic heterocycles. The summed E-state index contributed by atoms with van der Waals surface area (Å²) in [6.45, 7) is 14.1. The van der Waals surface area contributed by atoms with Crippen LogP contribution in [0.2, 0.25) is 0 Å². The lowest BCUT2D eigenvalue weighted by molar-refractivity contribution is -0.968. The molecule has 0 saturated carbocycles. The van der Waals surface area contributed by atoms with Gasteiger partial charge in [0.1, 0.15) is 0 Å². The summed E-state index contributed by atoms with van der Waals surface area (Å²) in [5.74, 6) is 0.145. The Kier molecular flexibility index (Phi) is 13.1. The zero-order chi connectivity index (χ0) is 20.4. The Labute approximate surface area is 186 Å². The van der Waals surface area contributed by atoms with Crippen LogP contribution in [0, 0.1) is 0 Å². The quantitative estimate of drug-likeness (QED) is 0.358. The van der Waals surface area contributed by atoms with Gasteiger partial charge < -0.3 is 27.9 Å². The van der Waals surface area contributed by atoms with Gasteiger partial charge in [-0.3, -0.25) is 4.79 Å². The number of rotatable bonds is 12. The number of carbonyl (C=O) groups excluding carboxylic acids is 1. The van der Waals surface area contributed by atoms with Crippen LogP contribution in [-0.4, -0.2) is 42.1 Å². The number of aryl methyl sites for hydroxylation is 1. The van der Waals surface area contributed by atoms with Gasteiger partial charge in [-0.05, 0) is 67.2 Å². The van der Waals surface area contributed by atoms with E-state index in [4.69, 9.17) is 5.73 Å². The van der Waals surface area contributed by atoms with Gasteiger partial charge in [0.25, 0.3) is 0 Å². The number of carbonyl (C=O) groups is 1. The van der Waals surface area contributed by atoms with Gasteiger partial charge in [0.2, 0.25) is 5.91 Å². The second kappa shape index (κ2) is 13.4. The number of hydrogen-bond donors (Lipinski definition) is 2. The van der Waals surface area contributed by atoms with E-state index >= 15 is 0 Å². The minimum atomic E-state index is 0. The monoisotopic (exact) mass is 475 g/mol. The molecule has 28 heavy (non-hydrogen) atoms. The fraction of sp³-hybridized carbons (Fsp3) is 0.682. The molecule has 1 rings (SSSR count). The van der Waals surface area contributed by atoms with E-state index in [0.717, 1.165) is 47.1 Å². The lowest BCUT2D eigenvalue weighted by Crippen LogP contribution is -3.00. The molecule has 0 bridgehead atoms. The third-order valence-electron chi connectivity index (χ3n) is 6.14. The maximum absolute atomic E-state index is 11.7. The Morgan fingerprint density at radius 3 is 2.36 bits per heavy atom. The number of hydrogen-bond acceptors (Lipinski definition) is 2. The summed E-state index contributed by atoms with van der Waals surface area (Å²) in [5.41, 5.74) is 8.02. The van der Waals surface area contributed by atoms with E-state index in [-0.39, 0.29) is 18.3 Å². The van der Waals surface area contributed by atoms with Crippen LogP contribution in [0.4, 0.5) is 5.69 Å². The van der Waals surface area contributed by atoms with Crippen molar-refractivity contribution in [3.63, 3.8) is 0 Å². The van der Waals surface area contributed by atoms with Gasteiger partial charge in [-0.1, -0.05) is 26.3 Å². The molecular formula is C22H39BrClN3O. The summed E-state index contributed by atoms with van der Waals surface area (Å²) in [6.07, 6.45) is 5.13. The molecule has 3 unspecified atom stereocenters. The Morgan fingerprint density at radius 2 is 1.82 bits per heavy atom. The summed E-state index contributed by atoms with van der Waals surface area (Å²) < 4.78 is 2.04. The van der Waals surface area contributed by atoms with Crippen molar-refractivity contribution in [3.8, 4) is 0 Å². The summed E-state index contributed by atoms with van der Waals surface area (Å²) in [4.78, 5) is 11.7. The van der Waals surface area contributed by atoms with Crippen molar-refractivity contribution in [2.75, 3.05) is 25.4 Å². The zero-order valence-corrected chi connectivity index (χ0v) is 20.6. The minimum absolute atomic E-state index is 0. The minimum Gasteiger partial charge on any atom is -1.00 e. The smallest absolute Gasteiger partial charge is 0.219 e. The van der Waals surface area contributed by atoms with Crippen molar-refractivity contribution in [2.45, 2.75) is 78.8 Å². The molecular weight excluding hydrogens is 438 g/mol. The van der Waals surface area contributed by atoms with E-state index in [1.807, 2.05) is 13.0 Å². The van der Waals surface area contributed by atoms with Gasteiger partial charge in [0.15, 0.2) is 0 Å². The molecule has 4 nitrogen and oxygen atoms in total. The number of nitrogens with one attached hydrogen (secondary N) is 1. The van der Waals surface area contributed by atoms with Crippen LogP contribution in [0.3, 0.4) is 0 Å². The van der Waals surface area contributed by atoms with E-state index < -0.39 is 0 Å². The predicted molar refractivity (Wildman–Crippen MR) is 120 cm³/mol. The largest absolute Gasteiger partial charge is 1.00 e. The van der Waals surface area contributed by atoms with Crippen LogP contribution in [0.5, 0.6) is 0 Å². The van der Waals surface area contributed by atoms with Crippen molar-refractivity contribution in [1.82, 2.24) is 5.32 Å². The Morgan fingerprint density at radius 1 is 1.18 bits per heavy atom. The highest BCUT2D eigenvalue weighted by Gasteiger charge is 2.36. The average Bonchev–Trinajstić information content (AvgIpc) is 2.66. The lowest BCUT2D eigenvalue weighted by Gasteiger charge is -2.48. The number of nitrogen functional groups attached to an aromatic ring is 1. The van der Waals surface area contributed by atoms with E-state index in [0.29, 0.717) is 18.5 Å². The Hall–Kier alpha value is -0.780. The molecule has 0 fully saturated rings. The normalized spacial score (nSPS) is 15.2. The lowest BCUT2D eigenvalue weighted by atomic mass is 9.98. The molecule has 1 amide bonds. The first-order valence-electron chi connectivity index (χ1n) is 10.5. The Bertz CT molecular complexity index is 599. The predicted octanol–water partition coefficient (Wildman–Crippen LogP) is 1.91. The van der Waals surface area contributed by atoms with E-state index in [1.165, 1.54) is 18.4 Å². The van der Waals surface area contributed by atoms with Crippen molar-refractivity contribution in [1.29, 1.82) is 0 Å².